The number of Topliss-reactive ketones (excluding diaryl/α,β-unsaturated/α-hetero) is 1. The number of likely N-dealkylation sites (N-methyl/N-ethyl adjacent to an activating group) is 1. The first-order valence-electron chi connectivity index (χ1n) is 45.5. The van der Waals surface area contributed by atoms with Crippen molar-refractivity contribution in [1.29, 1.82) is 0 Å². The lowest BCUT2D eigenvalue weighted by Crippen LogP contribution is -2.44. The number of fused-ring (bicyclic) bond motifs is 15. The molecule has 0 spiro atoms. The highest BCUT2D eigenvalue weighted by Crippen LogP contribution is 2.36. The fourth-order valence-electron chi connectivity index (χ4n) is 18.6. The van der Waals surface area contributed by atoms with Crippen LogP contribution in [0, 0.1) is 39.4 Å². The number of halogens is 3. The highest BCUT2D eigenvalue weighted by molar-refractivity contribution is 9.10. The minimum absolute atomic E-state index is 0.00122. The maximum Gasteiger partial charge on any atom is 0.262 e. The molecule has 4 aliphatic rings. The third-order valence-corrected chi connectivity index (χ3v) is 26.7. The van der Waals surface area contributed by atoms with Gasteiger partial charge < -0.3 is 81.2 Å². The average Bonchev–Trinajstić information content (AvgIpc) is 1.83. The Hall–Kier alpha value is -11.8. The number of aryl methyl sites for hydroxylation is 9. The predicted octanol–water partition coefficient (Wildman–Crippen LogP) is 10.7. The van der Waals surface area contributed by atoms with E-state index in [4.69, 9.17) is 45.0 Å². The molecule has 4 fully saturated rings. The Morgan fingerprint density at radius 2 is 0.878 bits per heavy atom. The summed E-state index contributed by atoms with van der Waals surface area (Å²) in [6.45, 7) is 25.6. The van der Waals surface area contributed by atoms with Crippen molar-refractivity contribution in [2.24, 2.45) is 34.6 Å². The van der Waals surface area contributed by atoms with E-state index < -0.39 is 6.04 Å². The Kier molecular flexibility index (Phi) is 30.2. The molecule has 0 radical (unpaired) electrons. The number of ketones is 1. The smallest absolute Gasteiger partial charge is 0.262 e. The number of carbonyl (C=O) groups excluding carboxylic acids is 2. The molecule has 1 unspecified atom stereocenters. The molecule has 3 aliphatic heterocycles. The van der Waals surface area contributed by atoms with Crippen LogP contribution in [0.4, 0.5) is 21.5 Å². The second kappa shape index (κ2) is 42.2. The van der Waals surface area contributed by atoms with Gasteiger partial charge in [-0.3, -0.25) is 59.1 Å². The van der Waals surface area contributed by atoms with Crippen LogP contribution in [0.5, 0.6) is 0 Å². The molecule has 1 atom stereocenters. The van der Waals surface area contributed by atoms with Gasteiger partial charge in [0, 0.05) is 175 Å². The van der Waals surface area contributed by atoms with Crippen molar-refractivity contribution in [3.05, 3.63) is 188 Å². The minimum atomic E-state index is -0.539. The zero-order chi connectivity index (χ0) is 92.4. The van der Waals surface area contributed by atoms with Crippen LogP contribution in [0.15, 0.2) is 126 Å². The molecule has 0 bridgehead atoms. The number of rotatable bonds is 25. The predicted molar refractivity (Wildman–Crippen MR) is 526 cm³/mol. The number of nitrogens with zero attached hydrogens (tertiary/aromatic N) is 14. The fourth-order valence-corrected chi connectivity index (χ4v) is 19.3. The van der Waals surface area contributed by atoms with Gasteiger partial charge in [0.2, 0.25) is 5.91 Å². The van der Waals surface area contributed by atoms with Gasteiger partial charge in [-0.1, -0.05) is 22.5 Å². The lowest BCUT2D eigenvalue weighted by atomic mass is 9.84. The number of nitrogens with two attached hydrogens (primary N) is 5. The lowest BCUT2D eigenvalue weighted by molar-refractivity contribution is -0.122. The third kappa shape index (κ3) is 20.0. The summed E-state index contributed by atoms with van der Waals surface area (Å²) < 4.78 is 29.1. The highest BCUT2D eigenvalue weighted by atomic mass is 79.9. The van der Waals surface area contributed by atoms with E-state index in [1.807, 2.05) is 64.8 Å². The Morgan fingerprint density at radius 3 is 1.31 bits per heavy atom. The average molecular weight is 1870 g/mol. The van der Waals surface area contributed by atoms with Crippen LogP contribution >= 0.6 is 27.5 Å². The summed E-state index contributed by atoms with van der Waals surface area (Å²) >= 11 is 9.61. The molecule has 692 valence electrons. The molecule has 36 heteroatoms. The standard InChI is InChI=1S/C23H29ClFN5O2.C19H26N6O.C19H23N5O.C18H23N5O2.C16H17BrN4O2/c1-13-20-21(29-28-13)17-12-16(25)7-8-19(17)30(23(20)32)10-2-9-27-22(31)18(26)11-14-3-5-15(24)6-4-14;1-13-17-18(22-21-13)15-12-14(24-10-8-23(2)9-11-24)4-5-16(15)25(19(17)26)7-3-6-20;1-2-15-17-18(22-21-15)14-12-13(23-9-3-4-10-23)6-7-16(14)24(19(17)25)11-5-8-20;1-12-16-17(21-20-12)14-11-13(22-7-9-25-10-8-22)3-4-15(14)23(18(16)24)6-2-5-19;1-9-14-15(20-19-9)12-7-10(17)4-5-13(12)21(16(14)23)6-2-3-11(22)8-18/h7-8,12,14-15,18H,2-6,9-11,26H2,1H3,(H,27,31)(H,28,29);4-5,12H,3,6-11,20H2,1-2H3,(H,21,22);2,6-7,12H,1,3-5,8-11,20H2,(H,21,22);3-4,11H,2,5-10,19H2,1H3,(H,20,21);4-5,7H,2-3,6,8,18H2,1H3,(H,19,20). The summed E-state index contributed by atoms with van der Waals surface area (Å²) in [6.07, 6.45) is 12.6. The molecular weight excluding hydrogens is 1750 g/mol. The summed E-state index contributed by atoms with van der Waals surface area (Å²) in [5.74, 6) is -0.101. The number of alkyl halides is 1. The van der Waals surface area contributed by atoms with E-state index in [1.54, 1.807) is 28.2 Å². The second-order valence-corrected chi connectivity index (χ2v) is 36.1. The van der Waals surface area contributed by atoms with E-state index in [-0.39, 0.29) is 57.2 Å². The SMILES string of the molecule is C=Cc1[nH]nc2c1c(=O)n(CCCN)c1ccc(N3CCCC3)cc21.Cc1[nH]nc2c1c(=O)n(CCCC(=O)CN)c1ccc(Br)cc21.Cc1[nH]nc2c1c(=O)n(CCCN)c1ccc(N3CCN(C)CC3)cc21.Cc1[nH]nc2c1c(=O)n(CCCN)c1ccc(N3CCOCC3)cc21.Cc1[nH]nc2c1c(=O)n(CCCNC(=O)C(N)CC1CCC(Cl)CC1)c1ccc(F)cc21. The van der Waals surface area contributed by atoms with Crippen molar-refractivity contribution in [2.75, 3.05) is 120 Å². The number of aromatic amines is 5. The van der Waals surface area contributed by atoms with E-state index in [2.05, 4.69) is 148 Å². The van der Waals surface area contributed by atoms with Crippen LogP contribution in [0.1, 0.15) is 112 Å². The fraction of sp³-hybridized carbons (Fsp3) is 0.432. The Morgan fingerprint density at radius 1 is 0.504 bits per heavy atom. The molecule has 1 aliphatic carbocycles. The van der Waals surface area contributed by atoms with E-state index in [1.165, 1.54) is 36.3 Å². The van der Waals surface area contributed by atoms with Crippen LogP contribution in [0.2, 0.25) is 0 Å². The first kappa shape index (κ1) is 93.9. The maximum absolute atomic E-state index is 13.9. The van der Waals surface area contributed by atoms with Crippen LogP contribution in [0.3, 0.4) is 0 Å². The van der Waals surface area contributed by atoms with E-state index in [0.717, 1.165) is 198 Å². The lowest BCUT2D eigenvalue weighted by Gasteiger charge is -2.34. The monoisotopic (exact) mass is 1870 g/mol. The van der Waals surface area contributed by atoms with Gasteiger partial charge in [-0.25, -0.2) is 4.39 Å². The van der Waals surface area contributed by atoms with Crippen LogP contribution in [-0.4, -0.2) is 207 Å². The van der Waals surface area contributed by atoms with E-state index in [9.17, 15) is 38.0 Å². The summed E-state index contributed by atoms with van der Waals surface area (Å²) in [4.78, 5) is 98.1. The number of benzene rings is 5. The summed E-state index contributed by atoms with van der Waals surface area (Å²) in [5, 5.41) is 47.0. The molecule has 15 aromatic rings. The van der Waals surface area contributed by atoms with Gasteiger partial charge in [-0.2, -0.15) is 25.5 Å². The number of hydrogen-bond acceptors (Lipinski definition) is 22. The van der Waals surface area contributed by atoms with Crippen molar-refractivity contribution < 1.29 is 18.7 Å². The van der Waals surface area contributed by atoms with Crippen molar-refractivity contribution >= 4 is 171 Å². The molecule has 1 saturated carbocycles. The number of ether oxygens (including phenoxy) is 1. The molecule has 131 heavy (non-hydrogen) atoms. The number of nitrogens with one attached hydrogen (secondary N) is 6. The number of amides is 1. The molecular formula is C95H118BrClFN25O8. The maximum atomic E-state index is 13.9. The molecule has 10 aromatic heterocycles. The number of carbonyl (C=O) groups is 2. The molecule has 33 nitrogen and oxygen atoms in total. The van der Waals surface area contributed by atoms with Gasteiger partial charge in [0.05, 0.1) is 86.0 Å². The Bertz CT molecular complexity index is 7030. The zero-order valence-electron chi connectivity index (χ0n) is 75.1. The van der Waals surface area contributed by atoms with Gasteiger partial charge in [0.25, 0.3) is 27.8 Å². The number of hydrogen-bond donors (Lipinski definition) is 11. The molecule has 5 aromatic carbocycles. The normalized spacial score (nSPS) is 15.8. The number of piperazine rings is 1. The Balaban J connectivity index is 0.000000126. The first-order chi connectivity index (χ1) is 63.4. The quantitative estimate of drug-likeness (QED) is 0.0187. The number of morpholine rings is 1. The van der Waals surface area contributed by atoms with Gasteiger partial charge >= 0.3 is 0 Å². The topological polar surface area (TPSA) is 452 Å². The summed E-state index contributed by atoms with van der Waals surface area (Å²) in [5.41, 5.74) is 43.0. The van der Waals surface area contributed by atoms with Crippen molar-refractivity contribution in [2.45, 2.75) is 155 Å². The first-order valence-corrected chi connectivity index (χ1v) is 46.7. The summed E-state index contributed by atoms with van der Waals surface area (Å²) in [6, 6.07) is 28.5. The largest absolute Gasteiger partial charge is 0.378 e. The number of aromatic nitrogens is 15. The highest BCUT2D eigenvalue weighted by Gasteiger charge is 2.28. The van der Waals surface area contributed by atoms with Crippen molar-refractivity contribution in [3.63, 3.8) is 0 Å². The van der Waals surface area contributed by atoms with E-state index in [0.29, 0.717) is 151 Å². The minimum Gasteiger partial charge on any atom is -0.378 e. The number of H-pyrrole nitrogens is 5. The second-order valence-electron chi connectivity index (χ2n) is 34.5. The zero-order valence-corrected chi connectivity index (χ0v) is 77.4. The van der Waals surface area contributed by atoms with Gasteiger partial charge in [0.1, 0.15) is 39.2 Å². The van der Waals surface area contributed by atoms with Crippen LogP contribution < -0.4 is 76.5 Å². The van der Waals surface area contributed by atoms with Gasteiger partial charge in [-0.15, -0.1) is 11.6 Å². The van der Waals surface area contributed by atoms with Crippen LogP contribution in [0.25, 0.3) is 115 Å². The molecule has 16 N–H and O–H groups in total. The van der Waals surface area contributed by atoms with Crippen LogP contribution in [-0.2, 0) is 47.0 Å². The Labute approximate surface area is 767 Å². The molecule has 1 amide bonds. The van der Waals surface area contributed by atoms with Gasteiger partial charge in [-0.05, 0) is 234 Å². The third-order valence-electron chi connectivity index (χ3n) is 25.8. The van der Waals surface area contributed by atoms with E-state index >= 15 is 0 Å². The number of pyridine rings is 5. The van der Waals surface area contributed by atoms with Gasteiger partial charge in [0.15, 0.2) is 0 Å². The van der Waals surface area contributed by atoms with Crippen molar-refractivity contribution in [3.8, 4) is 0 Å². The molecule has 3 saturated heterocycles. The van der Waals surface area contributed by atoms with Crippen molar-refractivity contribution in [1.82, 2.24) is 84.0 Å². The summed E-state index contributed by atoms with van der Waals surface area (Å²) in [7, 11) is 2.16. The molecule has 13 heterocycles. The number of anilines is 3. The molecule has 19 rings (SSSR count).